The predicted molar refractivity (Wildman–Crippen MR) is 181 cm³/mol. The number of rotatable bonds is 16. The first-order chi connectivity index (χ1) is 21.7. The highest BCUT2D eigenvalue weighted by molar-refractivity contribution is 6.99. The third-order valence-corrected chi connectivity index (χ3v) is 13.6. The molecule has 7 heteroatoms. The maximum atomic E-state index is 12.6. The Morgan fingerprint density at radius 3 is 2.02 bits per heavy atom. The van der Waals surface area contributed by atoms with E-state index >= 15 is 0 Å². The average molecular weight is 631 g/mol. The van der Waals surface area contributed by atoms with Gasteiger partial charge in [0.25, 0.3) is 8.32 Å². The van der Waals surface area contributed by atoms with Gasteiger partial charge in [0, 0.05) is 13.0 Å². The highest BCUT2D eigenvalue weighted by Gasteiger charge is 2.51. The van der Waals surface area contributed by atoms with E-state index in [0.717, 1.165) is 31.2 Å². The summed E-state index contributed by atoms with van der Waals surface area (Å²) in [7, 11) is -2.81. The van der Waals surface area contributed by atoms with Gasteiger partial charge in [0.15, 0.2) is 0 Å². The van der Waals surface area contributed by atoms with Crippen LogP contribution in [-0.4, -0.2) is 51.6 Å². The monoisotopic (exact) mass is 630 g/mol. The van der Waals surface area contributed by atoms with Crippen molar-refractivity contribution in [3.05, 3.63) is 96.6 Å². The molecule has 0 aromatic heterocycles. The number of benzene rings is 3. The van der Waals surface area contributed by atoms with Crippen molar-refractivity contribution in [3.8, 4) is 0 Å². The predicted octanol–water partition coefficient (Wildman–Crippen LogP) is 6.78. The first-order valence-corrected chi connectivity index (χ1v) is 18.4. The molecule has 0 N–H and O–H groups in total. The second-order valence-electron chi connectivity index (χ2n) is 13.0. The molecule has 0 bridgehead atoms. The van der Waals surface area contributed by atoms with E-state index in [1.54, 1.807) is 6.92 Å². The molecule has 0 amide bonds. The van der Waals surface area contributed by atoms with Crippen LogP contribution in [0.5, 0.6) is 0 Å². The minimum atomic E-state index is -2.81. The number of hydrogen-bond acceptors (Lipinski definition) is 6. The van der Waals surface area contributed by atoms with E-state index < -0.39 is 14.3 Å². The van der Waals surface area contributed by atoms with Crippen LogP contribution in [0.3, 0.4) is 0 Å². The summed E-state index contributed by atoms with van der Waals surface area (Å²) in [6.07, 6.45) is 3.80. The zero-order valence-electron chi connectivity index (χ0n) is 27.4. The van der Waals surface area contributed by atoms with Gasteiger partial charge in [-0.3, -0.25) is 9.59 Å². The smallest absolute Gasteiger partial charge is 0.313 e. The van der Waals surface area contributed by atoms with Gasteiger partial charge in [0.05, 0.1) is 31.5 Å². The van der Waals surface area contributed by atoms with Crippen LogP contribution in [0.25, 0.3) is 0 Å². The molecule has 0 aliphatic carbocycles. The van der Waals surface area contributed by atoms with Crippen molar-refractivity contribution in [3.63, 3.8) is 0 Å². The molecule has 1 aliphatic rings. The molecule has 1 heterocycles. The van der Waals surface area contributed by atoms with Crippen LogP contribution >= 0.6 is 0 Å². The Labute approximate surface area is 270 Å². The first-order valence-electron chi connectivity index (χ1n) is 16.4. The molecule has 4 rings (SSSR count). The summed E-state index contributed by atoms with van der Waals surface area (Å²) < 4.78 is 25.3. The SMILES string of the molecule is CCOC(=O)CC(=O)C[C@H]1CCC[C@@H](C[C@H](CCOCc2ccccc2)O[Si](c2ccccc2)(c2ccccc2)C(C)(C)C)O1. The van der Waals surface area contributed by atoms with Crippen LogP contribution in [0, 0.1) is 0 Å². The molecular formula is C38H50O6Si. The van der Waals surface area contributed by atoms with Gasteiger partial charge in [-0.25, -0.2) is 0 Å². The van der Waals surface area contributed by atoms with Gasteiger partial charge in [-0.05, 0) is 60.0 Å². The van der Waals surface area contributed by atoms with E-state index in [9.17, 15) is 9.59 Å². The summed E-state index contributed by atoms with van der Waals surface area (Å²) >= 11 is 0. The average Bonchev–Trinajstić information content (AvgIpc) is 3.02. The summed E-state index contributed by atoms with van der Waals surface area (Å²) in [5, 5.41) is 2.32. The van der Waals surface area contributed by atoms with Crippen molar-refractivity contribution in [2.45, 2.75) is 103 Å². The number of ketones is 1. The van der Waals surface area contributed by atoms with Crippen molar-refractivity contribution in [1.82, 2.24) is 0 Å². The van der Waals surface area contributed by atoms with E-state index in [0.29, 0.717) is 19.6 Å². The zero-order chi connectivity index (χ0) is 32.1. The topological polar surface area (TPSA) is 71.1 Å². The van der Waals surface area contributed by atoms with Crippen molar-refractivity contribution in [1.29, 1.82) is 0 Å². The number of Topliss-reactive ketones (excluding diaryl/α,β-unsaturated/α-hetero) is 1. The lowest BCUT2D eigenvalue weighted by molar-refractivity contribution is -0.146. The fraction of sp³-hybridized carbons (Fsp3) is 0.474. The molecule has 3 atom stereocenters. The minimum absolute atomic E-state index is 0.0449. The molecule has 1 aliphatic heterocycles. The minimum Gasteiger partial charge on any atom is -0.466 e. The van der Waals surface area contributed by atoms with Crippen LogP contribution in [0.4, 0.5) is 0 Å². The molecule has 1 saturated heterocycles. The molecule has 0 radical (unpaired) electrons. The fourth-order valence-electron chi connectivity index (χ4n) is 6.44. The molecule has 3 aromatic rings. The maximum Gasteiger partial charge on any atom is 0.313 e. The summed E-state index contributed by atoms with van der Waals surface area (Å²) in [4.78, 5) is 24.5. The molecule has 45 heavy (non-hydrogen) atoms. The number of hydrogen-bond donors (Lipinski definition) is 0. The molecule has 6 nitrogen and oxygen atoms in total. The number of carbonyl (C=O) groups excluding carboxylic acids is 2. The van der Waals surface area contributed by atoms with Crippen molar-refractivity contribution < 1.29 is 28.2 Å². The van der Waals surface area contributed by atoms with Crippen LogP contribution in [-0.2, 0) is 34.8 Å². The number of carbonyl (C=O) groups is 2. The Kier molecular flexibility index (Phi) is 13.1. The van der Waals surface area contributed by atoms with Gasteiger partial charge in [-0.2, -0.15) is 0 Å². The van der Waals surface area contributed by atoms with Gasteiger partial charge >= 0.3 is 5.97 Å². The third kappa shape index (κ3) is 9.94. The second kappa shape index (κ2) is 17.0. The highest BCUT2D eigenvalue weighted by Crippen LogP contribution is 2.39. The Morgan fingerprint density at radius 2 is 1.44 bits per heavy atom. The number of esters is 1. The first kappa shape index (κ1) is 34.8. The van der Waals surface area contributed by atoms with Crippen molar-refractivity contribution in [2.24, 2.45) is 0 Å². The highest BCUT2D eigenvalue weighted by atomic mass is 28.4. The summed E-state index contributed by atoms with van der Waals surface area (Å²) in [6.45, 7) is 10.0. The summed E-state index contributed by atoms with van der Waals surface area (Å²) in [5.74, 6) is -0.599. The Morgan fingerprint density at radius 1 is 0.867 bits per heavy atom. The molecule has 0 unspecified atom stereocenters. The maximum absolute atomic E-state index is 12.6. The molecule has 1 fully saturated rings. The lowest BCUT2D eigenvalue weighted by atomic mass is 9.96. The van der Waals surface area contributed by atoms with Gasteiger partial charge in [0.1, 0.15) is 12.2 Å². The number of ether oxygens (including phenoxy) is 3. The zero-order valence-corrected chi connectivity index (χ0v) is 28.4. The lowest BCUT2D eigenvalue weighted by Crippen LogP contribution is -2.68. The van der Waals surface area contributed by atoms with E-state index in [1.165, 1.54) is 10.4 Å². The fourth-order valence-corrected chi connectivity index (χ4v) is 11.2. The van der Waals surface area contributed by atoms with Gasteiger partial charge in [0.2, 0.25) is 0 Å². The molecule has 3 aromatic carbocycles. The van der Waals surface area contributed by atoms with Gasteiger partial charge in [-0.1, -0.05) is 112 Å². The van der Waals surface area contributed by atoms with Crippen LogP contribution < -0.4 is 10.4 Å². The van der Waals surface area contributed by atoms with E-state index in [-0.39, 0.29) is 48.6 Å². The molecule has 0 spiro atoms. The third-order valence-electron chi connectivity index (χ3n) is 8.52. The van der Waals surface area contributed by atoms with Crippen LogP contribution in [0.15, 0.2) is 91.0 Å². The quantitative estimate of drug-likeness (QED) is 0.0753. The Balaban J connectivity index is 1.56. The van der Waals surface area contributed by atoms with E-state index in [4.69, 9.17) is 18.6 Å². The van der Waals surface area contributed by atoms with Crippen molar-refractivity contribution in [2.75, 3.05) is 13.2 Å². The Bertz CT molecular complexity index is 1270. The standard InChI is InChI=1S/C38H50O6Si/c1-5-42-37(40)27-31(39)26-32-18-15-19-33(43-32)28-34(24-25-41-29-30-16-9-6-10-17-30)44-45(38(2,3)4,35-20-11-7-12-21-35)36-22-13-8-14-23-36/h6-14,16-17,20-23,32-34H,5,15,18-19,24-29H2,1-4H3/t32-,33+,34+/m1/s1. The molecule has 242 valence electrons. The summed E-state index contributed by atoms with van der Waals surface area (Å²) in [5.41, 5.74) is 1.15. The molecular weight excluding hydrogens is 580 g/mol. The molecule has 0 saturated carbocycles. The Hall–Kier alpha value is -3.10. The van der Waals surface area contributed by atoms with E-state index in [1.807, 2.05) is 18.2 Å². The van der Waals surface area contributed by atoms with Gasteiger partial charge < -0.3 is 18.6 Å². The van der Waals surface area contributed by atoms with E-state index in [2.05, 4.69) is 93.6 Å². The largest absolute Gasteiger partial charge is 0.466 e. The normalized spacial score (nSPS) is 17.9. The van der Waals surface area contributed by atoms with Crippen LogP contribution in [0.2, 0.25) is 5.04 Å². The lowest BCUT2D eigenvalue weighted by Gasteiger charge is -2.46. The van der Waals surface area contributed by atoms with Crippen molar-refractivity contribution >= 4 is 30.4 Å². The van der Waals surface area contributed by atoms with Crippen LogP contribution in [0.1, 0.15) is 78.2 Å². The second-order valence-corrected chi connectivity index (χ2v) is 17.3. The summed E-state index contributed by atoms with van der Waals surface area (Å²) in [6, 6.07) is 31.6. The van der Waals surface area contributed by atoms with Gasteiger partial charge in [-0.15, -0.1) is 0 Å².